The molecule has 0 aromatic carbocycles. The Bertz CT molecular complexity index is 105. The highest BCUT2D eigenvalue weighted by molar-refractivity contribution is 5.83. The molecule has 0 aliphatic heterocycles. The predicted octanol–water partition coefficient (Wildman–Crippen LogP) is 1.92. The molecule has 0 unspecified atom stereocenters. The van der Waals surface area contributed by atoms with Gasteiger partial charge in [0.1, 0.15) is 0 Å². The summed E-state index contributed by atoms with van der Waals surface area (Å²) in [6, 6.07) is 0. The van der Waals surface area contributed by atoms with Gasteiger partial charge < -0.3 is 0 Å². The number of ketones is 1. The first-order valence-corrected chi connectivity index (χ1v) is 2.58. The summed E-state index contributed by atoms with van der Waals surface area (Å²) in [7, 11) is 0. The minimum absolute atomic E-state index is 0.248. The van der Waals surface area contributed by atoms with Crippen molar-refractivity contribution >= 4 is 5.78 Å². The summed E-state index contributed by atoms with van der Waals surface area (Å²) in [5.41, 5.74) is 0. The molecule has 0 bridgehead atoms. The lowest BCUT2D eigenvalue weighted by Gasteiger charge is -2.01. The van der Waals surface area contributed by atoms with Gasteiger partial charge >= 0.3 is 6.18 Å². The topological polar surface area (TPSA) is 17.1 Å². The van der Waals surface area contributed by atoms with Gasteiger partial charge in [0.15, 0.2) is 0 Å². The maximum atomic E-state index is 11.3. The Balaban J connectivity index is 3.74. The number of alkyl halides is 3. The number of rotatable bonds is 2. The van der Waals surface area contributed by atoms with E-state index in [9.17, 15) is 18.0 Å². The van der Waals surface area contributed by atoms with E-state index in [4.69, 9.17) is 0 Å². The molecule has 0 saturated carbocycles. The molecule has 0 aliphatic carbocycles. The van der Waals surface area contributed by atoms with E-state index in [1.165, 1.54) is 6.92 Å². The summed E-state index contributed by atoms with van der Waals surface area (Å²) in [5.74, 6) is -1.63. The van der Waals surface area contributed by atoms with Crippen LogP contribution in [0.15, 0.2) is 0 Å². The highest BCUT2D eigenvalue weighted by Crippen LogP contribution is 2.18. The number of halogens is 3. The summed E-state index contributed by atoms with van der Waals surface area (Å²) in [6.45, 7) is 1.53. The molecule has 54 valence electrons. The Hall–Kier alpha value is -0.540. The molecule has 0 fully saturated rings. The van der Waals surface area contributed by atoms with Crippen LogP contribution in [0.3, 0.4) is 0 Å². The molecule has 9 heavy (non-hydrogen) atoms. The molecular weight excluding hydrogens is 133 g/mol. The molecule has 0 aliphatic rings. The van der Waals surface area contributed by atoms with Crippen LogP contribution in [0, 0.1) is 0 Å². The minimum Gasteiger partial charge on any atom is -0.290 e. The molecule has 0 rings (SSSR count). The van der Waals surface area contributed by atoms with Crippen LogP contribution < -0.4 is 0 Å². The van der Waals surface area contributed by atoms with Gasteiger partial charge in [0, 0.05) is 6.42 Å². The quantitative estimate of drug-likeness (QED) is 0.572. The van der Waals surface area contributed by atoms with Crippen molar-refractivity contribution < 1.29 is 18.0 Å². The Morgan fingerprint density at radius 2 is 1.89 bits per heavy atom. The molecule has 4 heteroatoms. The summed E-state index contributed by atoms with van der Waals surface area (Å²) >= 11 is 0. The van der Waals surface area contributed by atoms with E-state index in [0.717, 1.165) is 0 Å². The summed E-state index contributed by atoms with van der Waals surface area (Å²) in [5, 5.41) is 0. The van der Waals surface area contributed by atoms with E-state index in [1.807, 2.05) is 0 Å². The summed E-state index contributed by atoms with van der Waals surface area (Å²) in [6.07, 6.45) is -4.78. The van der Waals surface area contributed by atoms with Gasteiger partial charge in [-0.15, -0.1) is 0 Å². The molecule has 0 aromatic heterocycles. The zero-order valence-corrected chi connectivity index (χ0v) is 4.96. The van der Waals surface area contributed by atoms with Gasteiger partial charge in [-0.3, -0.25) is 4.79 Å². The third-order valence-corrected chi connectivity index (χ3v) is 0.793. The second-order valence-corrected chi connectivity index (χ2v) is 1.67. The van der Waals surface area contributed by atoms with Gasteiger partial charge in [-0.25, -0.2) is 0 Å². The lowest BCUT2D eigenvalue weighted by molar-refractivity contribution is -0.171. The average Bonchev–Trinajstić information content (AvgIpc) is 1.64. The third kappa shape index (κ3) is 3.11. The highest BCUT2D eigenvalue weighted by atomic mass is 19.4. The van der Waals surface area contributed by atoms with Crippen molar-refractivity contribution in [3.8, 4) is 0 Å². The fraction of sp³-hybridized carbons (Fsp3) is 0.800. The fourth-order valence-electron chi connectivity index (χ4n) is 0.369. The number of hydrogen-bond acceptors (Lipinski definition) is 1. The Labute approximate surface area is 50.9 Å². The smallest absolute Gasteiger partial charge is 0.290 e. The second-order valence-electron chi connectivity index (χ2n) is 1.67. The van der Waals surface area contributed by atoms with Crippen LogP contribution >= 0.6 is 0 Å². The van der Waals surface area contributed by atoms with Crippen molar-refractivity contribution in [2.45, 2.75) is 25.9 Å². The van der Waals surface area contributed by atoms with E-state index >= 15 is 0 Å². The summed E-state index contributed by atoms with van der Waals surface area (Å²) in [4.78, 5) is 9.94. The van der Waals surface area contributed by atoms with Crippen molar-refractivity contribution in [3.05, 3.63) is 0 Å². The Kier molecular flexibility index (Phi) is 2.67. The van der Waals surface area contributed by atoms with E-state index < -0.39 is 18.4 Å². The first-order chi connectivity index (χ1) is 3.98. The zero-order valence-electron chi connectivity index (χ0n) is 4.96. The van der Waals surface area contributed by atoms with Crippen molar-refractivity contribution in [2.75, 3.05) is 0 Å². The maximum absolute atomic E-state index is 11.3. The van der Waals surface area contributed by atoms with E-state index in [0.29, 0.717) is 0 Å². The lowest BCUT2D eigenvalue weighted by Crippen LogP contribution is -2.21. The van der Waals surface area contributed by atoms with Gasteiger partial charge in [-0.2, -0.15) is 13.2 Å². The standard InChI is InChI=1S/C5H7F3O/c1-2-3-4(9)5(6,7)8/h2-3H2,1H3. The summed E-state index contributed by atoms with van der Waals surface area (Å²) < 4.78 is 33.9. The molecular formula is C5H7F3O. The second kappa shape index (κ2) is 2.85. The molecule has 0 N–H and O–H groups in total. The van der Waals surface area contributed by atoms with Crippen molar-refractivity contribution in [3.63, 3.8) is 0 Å². The predicted molar refractivity (Wildman–Crippen MR) is 26.0 cm³/mol. The van der Waals surface area contributed by atoms with Crippen molar-refractivity contribution in [2.24, 2.45) is 0 Å². The van der Waals surface area contributed by atoms with Crippen LogP contribution in [0.2, 0.25) is 0 Å². The van der Waals surface area contributed by atoms with Crippen LogP contribution in [0.1, 0.15) is 19.8 Å². The SMILES string of the molecule is CCCC(=O)C(F)(F)F. The van der Waals surface area contributed by atoms with Crippen LogP contribution in [-0.2, 0) is 4.79 Å². The molecule has 0 spiro atoms. The van der Waals surface area contributed by atoms with E-state index in [1.54, 1.807) is 0 Å². The van der Waals surface area contributed by atoms with Crippen molar-refractivity contribution in [1.29, 1.82) is 0 Å². The van der Waals surface area contributed by atoms with Crippen LogP contribution in [-0.4, -0.2) is 12.0 Å². The molecule has 0 radical (unpaired) electrons. The minimum atomic E-state index is -4.63. The van der Waals surface area contributed by atoms with Gasteiger partial charge in [-0.05, 0) is 6.42 Å². The average molecular weight is 140 g/mol. The molecule has 0 saturated heterocycles. The molecule has 0 aromatic rings. The van der Waals surface area contributed by atoms with Gasteiger partial charge in [0.25, 0.3) is 0 Å². The van der Waals surface area contributed by atoms with Gasteiger partial charge in [-0.1, -0.05) is 6.92 Å². The molecule has 1 nitrogen and oxygen atoms in total. The Morgan fingerprint density at radius 1 is 1.44 bits per heavy atom. The van der Waals surface area contributed by atoms with Gasteiger partial charge in [0.2, 0.25) is 5.78 Å². The normalized spacial score (nSPS) is 11.6. The van der Waals surface area contributed by atoms with Crippen LogP contribution in [0.5, 0.6) is 0 Å². The lowest BCUT2D eigenvalue weighted by atomic mass is 10.2. The van der Waals surface area contributed by atoms with E-state index in [-0.39, 0.29) is 6.42 Å². The molecule has 0 atom stereocenters. The van der Waals surface area contributed by atoms with Crippen molar-refractivity contribution in [1.82, 2.24) is 0 Å². The van der Waals surface area contributed by atoms with Crippen LogP contribution in [0.25, 0.3) is 0 Å². The van der Waals surface area contributed by atoms with Crippen LogP contribution in [0.4, 0.5) is 13.2 Å². The third-order valence-electron chi connectivity index (χ3n) is 0.793. The maximum Gasteiger partial charge on any atom is 0.449 e. The number of Topliss-reactive ketones (excluding diaryl/α,β-unsaturated/α-hetero) is 1. The first-order valence-electron chi connectivity index (χ1n) is 2.58. The zero-order chi connectivity index (χ0) is 7.49. The number of carbonyl (C=O) groups excluding carboxylic acids is 1. The number of carbonyl (C=O) groups is 1. The monoisotopic (exact) mass is 140 g/mol. The Morgan fingerprint density at radius 3 is 2.00 bits per heavy atom. The van der Waals surface area contributed by atoms with E-state index in [2.05, 4.69) is 0 Å². The fourth-order valence-corrected chi connectivity index (χ4v) is 0.369. The molecule has 0 heterocycles. The highest BCUT2D eigenvalue weighted by Gasteiger charge is 2.36. The molecule has 0 amide bonds. The first kappa shape index (κ1) is 8.46. The number of hydrogen-bond donors (Lipinski definition) is 0. The van der Waals surface area contributed by atoms with Gasteiger partial charge in [0.05, 0.1) is 0 Å². The largest absolute Gasteiger partial charge is 0.449 e.